The van der Waals surface area contributed by atoms with Gasteiger partial charge in [0.25, 0.3) is 0 Å². The van der Waals surface area contributed by atoms with Crippen LogP contribution in [0.1, 0.15) is 19.5 Å². The highest BCUT2D eigenvalue weighted by Gasteiger charge is 2.04. The van der Waals surface area contributed by atoms with E-state index >= 15 is 0 Å². The highest BCUT2D eigenvalue weighted by Crippen LogP contribution is 1.99. The van der Waals surface area contributed by atoms with Crippen LogP contribution in [-0.2, 0) is 23.1 Å². The topological polar surface area (TPSA) is 76.0 Å². The maximum absolute atomic E-state index is 10.9. The summed E-state index contributed by atoms with van der Waals surface area (Å²) in [6.45, 7) is 5.85. The maximum Gasteiger partial charge on any atom is 0.208 e. The van der Waals surface area contributed by atoms with Gasteiger partial charge in [-0.15, -0.1) is 0 Å². The van der Waals surface area contributed by atoms with Crippen LogP contribution in [0.4, 0.5) is 0 Å². The molecule has 0 bridgehead atoms. The largest absolute Gasteiger partial charge is 0.332 e. The quantitative estimate of drug-likeness (QED) is 0.719. The number of nitrogens with one attached hydrogen (secondary N) is 2. The van der Waals surface area contributed by atoms with Crippen molar-refractivity contribution in [3.63, 3.8) is 0 Å². The molecular weight excluding hydrogens is 240 g/mol. The summed E-state index contributed by atoms with van der Waals surface area (Å²) in [5.74, 6) is 0. The van der Waals surface area contributed by atoms with Gasteiger partial charge in [-0.25, -0.2) is 18.1 Å². The van der Waals surface area contributed by atoms with E-state index < -0.39 is 10.0 Å². The van der Waals surface area contributed by atoms with E-state index in [2.05, 4.69) is 28.9 Å². The normalized spacial score (nSPS) is 12.2. The standard InChI is InChI=1S/C10H20N4O2S/c1-9(2)12-7-10-6-11-8-14(10)5-4-13-17(3,15)16/h6,8-9,12-13H,4-5,7H2,1-3H3. The molecule has 0 aliphatic heterocycles. The van der Waals surface area contributed by atoms with E-state index in [1.165, 1.54) is 0 Å². The molecule has 1 aromatic heterocycles. The van der Waals surface area contributed by atoms with E-state index in [1.807, 2.05) is 4.57 Å². The third-order valence-electron chi connectivity index (χ3n) is 2.21. The van der Waals surface area contributed by atoms with Crippen molar-refractivity contribution in [3.05, 3.63) is 18.2 Å². The average molecular weight is 260 g/mol. The molecule has 98 valence electrons. The van der Waals surface area contributed by atoms with E-state index in [0.717, 1.165) is 18.5 Å². The Morgan fingerprint density at radius 2 is 2.18 bits per heavy atom. The van der Waals surface area contributed by atoms with Gasteiger partial charge in [-0.05, 0) is 0 Å². The van der Waals surface area contributed by atoms with Crippen molar-refractivity contribution in [2.24, 2.45) is 0 Å². The van der Waals surface area contributed by atoms with Crippen LogP contribution in [-0.4, -0.2) is 36.8 Å². The van der Waals surface area contributed by atoms with Gasteiger partial charge in [-0.1, -0.05) is 13.8 Å². The maximum atomic E-state index is 10.9. The summed E-state index contributed by atoms with van der Waals surface area (Å²) < 4.78 is 26.2. The number of nitrogens with zero attached hydrogens (tertiary/aromatic N) is 2. The second kappa shape index (κ2) is 6.13. The Bertz CT molecular complexity index is 439. The van der Waals surface area contributed by atoms with E-state index in [4.69, 9.17) is 0 Å². The van der Waals surface area contributed by atoms with Gasteiger partial charge in [-0.2, -0.15) is 0 Å². The first-order valence-corrected chi connectivity index (χ1v) is 7.44. The predicted octanol–water partition coefficient (Wildman–Crippen LogP) is -0.0697. The molecule has 1 rings (SSSR count). The van der Waals surface area contributed by atoms with Gasteiger partial charge in [-0.3, -0.25) is 0 Å². The molecule has 0 aliphatic rings. The van der Waals surface area contributed by atoms with Crippen LogP contribution in [0, 0.1) is 0 Å². The third-order valence-corrected chi connectivity index (χ3v) is 2.94. The molecule has 1 heterocycles. The lowest BCUT2D eigenvalue weighted by molar-refractivity contribution is 0.547. The van der Waals surface area contributed by atoms with Crippen molar-refractivity contribution in [1.82, 2.24) is 19.6 Å². The van der Waals surface area contributed by atoms with E-state index in [-0.39, 0.29) is 0 Å². The SMILES string of the molecule is CC(C)NCc1cncn1CCNS(C)(=O)=O. The van der Waals surface area contributed by atoms with Gasteiger partial charge in [0.1, 0.15) is 0 Å². The van der Waals surface area contributed by atoms with Gasteiger partial charge >= 0.3 is 0 Å². The second-order valence-electron chi connectivity index (χ2n) is 4.28. The molecule has 7 heteroatoms. The van der Waals surface area contributed by atoms with E-state index in [1.54, 1.807) is 12.5 Å². The van der Waals surface area contributed by atoms with Crippen LogP contribution in [0.2, 0.25) is 0 Å². The zero-order valence-electron chi connectivity index (χ0n) is 10.5. The Morgan fingerprint density at radius 1 is 1.47 bits per heavy atom. The van der Waals surface area contributed by atoms with E-state index in [9.17, 15) is 8.42 Å². The number of hydrogen-bond acceptors (Lipinski definition) is 4. The summed E-state index contributed by atoms with van der Waals surface area (Å²) in [7, 11) is -3.12. The molecule has 0 fully saturated rings. The predicted molar refractivity (Wildman–Crippen MR) is 67.0 cm³/mol. The minimum absolute atomic E-state index is 0.379. The molecule has 0 amide bonds. The Kier molecular flexibility index (Phi) is 5.10. The van der Waals surface area contributed by atoms with Crippen molar-refractivity contribution in [3.8, 4) is 0 Å². The van der Waals surface area contributed by atoms with Gasteiger partial charge < -0.3 is 9.88 Å². The lowest BCUT2D eigenvalue weighted by Gasteiger charge is -2.11. The number of rotatable bonds is 7. The molecule has 0 atom stereocenters. The van der Waals surface area contributed by atoms with Crippen molar-refractivity contribution >= 4 is 10.0 Å². The fourth-order valence-corrected chi connectivity index (χ4v) is 1.82. The van der Waals surface area contributed by atoms with Crippen LogP contribution in [0.25, 0.3) is 0 Å². The third kappa shape index (κ3) is 5.81. The van der Waals surface area contributed by atoms with Crippen molar-refractivity contribution < 1.29 is 8.42 Å². The summed E-state index contributed by atoms with van der Waals surface area (Å²) in [6, 6.07) is 0.410. The molecular formula is C10H20N4O2S. The van der Waals surface area contributed by atoms with Gasteiger partial charge in [0.05, 0.1) is 18.3 Å². The lowest BCUT2D eigenvalue weighted by Crippen LogP contribution is -2.27. The number of imidazole rings is 1. The zero-order valence-corrected chi connectivity index (χ0v) is 11.3. The fourth-order valence-electron chi connectivity index (χ4n) is 1.36. The molecule has 0 aliphatic carbocycles. The molecule has 0 unspecified atom stereocenters. The molecule has 2 N–H and O–H groups in total. The van der Waals surface area contributed by atoms with Crippen LogP contribution in [0.15, 0.2) is 12.5 Å². The summed E-state index contributed by atoms with van der Waals surface area (Å²) in [5.41, 5.74) is 1.05. The smallest absolute Gasteiger partial charge is 0.208 e. The minimum Gasteiger partial charge on any atom is -0.332 e. The van der Waals surface area contributed by atoms with Crippen LogP contribution in [0.5, 0.6) is 0 Å². The first kappa shape index (κ1) is 14.1. The van der Waals surface area contributed by atoms with Gasteiger partial charge in [0.2, 0.25) is 10.0 Å². The fraction of sp³-hybridized carbons (Fsp3) is 0.700. The highest BCUT2D eigenvalue weighted by molar-refractivity contribution is 7.88. The molecule has 0 saturated carbocycles. The molecule has 0 aromatic carbocycles. The van der Waals surface area contributed by atoms with Gasteiger partial charge in [0.15, 0.2) is 0 Å². The monoisotopic (exact) mass is 260 g/mol. The average Bonchev–Trinajstić information content (AvgIpc) is 2.60. The molecule has 1 aromatic rings. The molecule has 17 heavy (non-hydrogen) atoms. The zero-order chi connectivity index (χ0) is 12.9. The van der Waals surface area contributed by atoms with Gasteiger partial charge in [0, 0.05) is 31.9 Å². The molecule has 6 nitrogen and oxygen atoms in total. The number of aromatic nitrogens is 2. The molecule has 0 spiro atoms. The van der Waals surface area contributed by atoms with Crippen molar-refractivity contribution in [2.75, 3.05) is 12.8 Å². The highest BCUT2D eigenvalue weighted by atomic mass is 32.2. The summed E-state index contributed by atoms with van der Waals surface area (Å²) >= 11 is 0. The van der Waals surface area contributed by atoms with Crippen LogP contribution >= 0.6 is 0 Å². The molecule has 0 radical (unpaired) electrons. The van der Waals surface area contributed by atoms with Crippen molar-refractivity contribution in [2.45, 2.75) is 33.0 Å². The first-order chi connectivity index (χ1) is 7.88. The Hall–Kier alpha value is -0.920. The minimum atomic E-state index is -3.12. The summed E-state index contributed by atoms with van der Waals surface area (Å²) in [6.07, 6.45) is 4.65. The second-order valence-corrected chi connectivity index (χ2v) is 6.11. The first-order valence-electron chi connectivity index (χ1n) is 5.55. The van der Waals surface area contributed by atoms with Crippen LogP contribution in [0.3, 0.4) is 0 Å². The number of sulfonamides is 1. The Morgan fingerprint density at radius 3 is 2.76 bits per heavy atom. The van der Waals surface area contributed by atoms with Crippen molar-refractivity contribution in [1.29, 1.82) is 0 Å². The lowest BCUT2D eigenvalue weighted by atomic mass is 10.3. The summed E-state index contributed by atoms with van der Waals surface area (Å²) in [4.78, 5) is 4.06. The Labute approximate surface area is 102 Å². The summed E-state index contributed by atoms with van der Waals surface area (Å²) in [5, 5.41) is 3.30. The Balaban J connectivity index is 2.46. The molecule has 0 saturated heterocycles. The number of hydrogen-bond donors (Lipinski definition) is 2. The van der Waals surface area contributed by atoms with E-state index in [0.29, 0.717) is 19.1 Å². The van der Waals surface area contributed by atoms with Crippen LogP contribution < -0.4 is 10.0 Å².